The molecule has 0 radical (unpaired) electrons. The molecule has 2 heterocycles. The predicted octanol–water partition coefficient (Wildman–Crippen LogP) is 1.81. The zero-order valence-corrected chi connectivity index (χ0v) is 10.6. The second-order valence-corrected chi connectivity index (χ2v) is 4.87. The maximum Gasteiger partial charge on any atom is 0.329 e. The number of carbonyl (C=O) groups is 2. The first kappa shape index (κ1) is 12.8. The number of carboxylic acids is 1. The van der Waals surface area contributed by atoms with E-state index < -0.39 is 11.5 Å². The molecule has 96 valence electrons. The lowest BCUT2D eigenvalue weighted by Crippen LogP contribution is -2.50. The van der Waals surface area contributed by atoms with Crippen molar-refractivity contribution in [1.82, 2.24) is 9.88 Å². The molecule has 1 atom stereocenters. The van der Waals surface area contributed by atoms with Gasteiger partial charge in [-0.1, -0.05) is 17.7 Å². The van der Waals surface area contributed by atoms with Crippen LogP contribution in [0.2, 0.25) is 5.15 Å². The highest BCUT2D eigenvalue weighted by Crippen LogP contribution is 2.30. The van der Waals surface area contributed by atoms with Gasteiger partial charge in [-0.2, -0.15) is 0 Å². The molecule has 5 nitrogen and oxygen atoms in total. The minimum absolute atomic E-state index is 0.178. The highest BCUT2D eigenvalue weighted by atomic mass is 35.5. The highest BCUT2D eigenvalue weighted by molar-refractivity contribution is 6.29. The second-order valence-electron chi connectivity index (χ2n) is 4.48. The number of amides is 1. The van der Waals surface area contributed by atoms with Crippen LogP contribution in [0, 0.1) is 0 Å². The van der Waals surface area contributed by atoms with E-state index >= 15 is 0 Å². The van der Waals surface area contributed by atoms with Gasteiger partial charge >= 0.3 is 5.97 Å². The lowest BCUT2D eigenvalue weighted by molar-refractivity contribution is -0.147. The van der Waals surface area contributed by atoms with E-state index in [9.17, 15) is 14.7 Å². The summed E-state index contributed by atoms with van der Waals surface area (Å²) in [7, 11) is 0. The third kappa shape index (κ3) is 2.06. The number of aliphatic carboxylic acids is 1. The molecule has 2 rings (SSSR count). The first-order valence-electron chi connectivity index (χ1n) is 5.63. The van der Waals surface area contributed by atoms with Crippen molar-refractivity contribution in [1.29, 1.82) is 0 Å². The number of aromatic nitrogens is 1. The molecule has 1 saturated heterocycles. The second kappa shape index (κ2) is 4.57. The molecule has 18 heavy (non-hydrogen) atoms. The van der Waals surface area contributed by atoms with E-state index in [0.29, 0.717) is 19.4 Å². The van der Waals surface area contributed by atoms with E-state index in [1.165, 1.54) is 11.0 Å². The minimum atomic E-state index is -1.15. The Hall–Kier alpha value is -1.62. The topological polar surface area (TPSA) is 70.5 Å². The molecular weight excluding hydrogens is 256 g/mol. The molecule has 0 spiro atoms. The van der Waals surface area contributed by atoms with Crippen LogP contribution in [0.3, 0.4) is 0 Å². The zero-order valence-electron chi connectivity index (χ0n) is 9.89. The fourth-order valence-electron chi connectivity index (χ4n) is 2.18. The van der Waals surface area contributed by atoms with Gasteiger partial charge in [0, 0.05) is 6.54 Å². The van der Waals surface area contributed by atoms with Gasteiger partial charge in [0.05, 0.1) is 0 Å². The molecule has 0 bridgehead atoms. The maximum absolute atomic E-state index is 12.3. The van der Waals surface area contributed by atoms with Crippen molar-refractivity contribution in [3.05, 3.63) is 29.0 Å². The Labute approximate surface area is 109 Å². The van der Waals surface area contributed by atoms with Crippen LogP contribution in [0.1, 0.15) is 30.3 Å². The van der Waals surface area contributed by atoms with Crippen molar-refractivity contribution in [3.63, 3.8) is 0 Å². The number of carboxylic acid groups (broad SMARTS) is 1. The summed E-state index contributed by atoms with van der Waals surface area (Å²) >= 11 is 5.73. The van der Waals surface area contributed by atoms with E-state index in [0.717, 1.165) is 0 Å². The van der Waals surface area contributed by atoms with Gasteiger partial charge in [-0.05, 0) is 31.9 Å². The number of hydrogen-bond acceptors (Lipinski definition) is 3. The molecule has 1 aliphatic heterocycles. The maximum atomic E-state index is 12.3. The highest BCUT2D eigenvalue weighted by Gasteiger charge is 2.46. The van der Waals surface area contributed by atoms with Gasteiger partial charge in [-0.15, -0.1) is 0 Å². The van der Waals surface area contributed by atoms with Crippen LogP contribution in [0.4, 0.5) is 0 Å². The molecule has 1 N–H and O–H groups in total. The molecule has 1 aromatic rings. The van der Waals surface area contributed by atoms with Crippen molar-refractivity contribution < 1.29 is 14.7 Å². The lowest BCUT2D eigenvalue weighted by Gasteiger charge is -2.30. The largest absolute Gasteiger partial charge is 0.480 e. The predicted molar refractivity (Wildman–Crippen MR) is 65.6 cm³/mol. The van der Waals surface area contributed by atoms with Gasteiger partial charge in [0.2, 0.25) is 0 Å². The van der Waals surface area contributed by atoms with Crippen molar-refractivity contribution in [2.24, 2.45) is 0 Å². The average molecular weight is 269 g/mol. The Morgan fingerprint density at radius 1 is 1.50 bits per heavy atom. The van der Waals surface area contributed by atoms with Gasteiger partial charge in [-0.3, -0.25) is 4.79 Å². The summed E-state index contributed by atoms with van der Waals surface area (Å²) < 4.78 is 0. The van der Waals surface area contributed by atoms with E-state index in [-0.39, 0.29) is 16.8 Å². The standard InChI is InChI=1S/C12H13ClN2O3/c1-12(11(17)18)6-3-7-15(12)10(16)8-4-2-5-9(13)14-8/h2,4-5H,3,6-7H2,1H3,(H,17,18). The Bertz CT molecular complexity index is 506. The number of likely N-dealkylation sites (tertiary alicyclic amines) is 1. The molecule has 1 unspecified atom stereocenters. The fraction of sp³-hybridized carbons (Fsp3) is 0.417. The smallest absolute Gasteiger partial charge is 0.329 e. The average Bonchev–Trinajstić information content (AvgIpc) is 2.72. The van der Waals surface area contributed by atoms with Crippen LogP contribution in [0.5, 0.6) is 0 Å². The monoisotopic (exact) mass is 268 g/mol. The van der Waals surface area contributed by atoms with Crippen LogP contribution < -0.4 is 0 Å². The van der Waals surface area contributed by atoms with Crippen molar-refractivity contribution in [2.45, 2.75) is 25.3 Å². The molecule has 6 heteroatoms. The number of rotatable bonds is 2. The van der Waals surface area contributed by atoms with Crippen molar-refractivity contribution >= 4 is 23.5 Å². The number of carbonyl (C=O) groups excluding carboxylic acids is 1. The molecule has 0 aromatic carbocycles. The fourth-order valence-corrected chi connectivity index (χ4v) is 2.34. The molecule has 1 amide bonds. The van der Waals surface area contributed by atoms with E-state index in [1.54, 1.807) is 19.1 Å². The molecule has 0 aliphatic carbocycles. The van der Waals surface area contributed by atoms with Gasteiger partial charge in [-0.25, -0.2) is 9.78 Å². The molecule has 0 saturated carbocycles. The normalized spacial score (nSPS) is 23.1. The third-order valence-electron chi connectivity index (χ3n) is 3.28. The summed E-state index contributed by atoms with van der Waals surface area (Å²) in [6.07, 6.45) is 1.13. The molecule has 1 fully saturated rings. The Morgan fingerprint density at radius 2 is 2.22 bits per heavy atom. The van der Waals surface area contributed by atoms with Gasteiger partial charge in [0.25, 0.3) is 5.91 Å². The van der Waals surface area contributed by atoms with Gasteiger partial charge in [0.1, 0.15) is 16.4 Å². The van der Waals surface area contributed by atoms with E-state index in [4.69, 9.17) is 11.6 Å². The number of pyridine rings is 1. The Morgan fingerprint density at radius 3 is 2.83 bits per heavy atom. The summed E-state index contributed by atoms with van der Waals surface area (Å²) in [4.78, 5) is 28.8. The van der Waals surface area contributed by atoms with Crippen molar-refractivity contribution in [3.8, 4) is 0 Å². The first-order chi connectivity index (χ1) is 8.45. The minimum Gasteiger partial charge on any atom is -0.480 e. The van der Waals surface area contributed by atoms with Crippen LogP contribution >= 0.6 is 11.6 Å². The van der Waals surface area contributed by atoms with Gasteiger partial charge in [0.15, 0.2) is 0 Å². The first-order valence-corrected chi connectivity index (χ1v) is 6.01. The number of hydrogen-bond donors (Lipinski definition) is 1. The summed E-state index contributed by atoms with van der Waals surface area (Å²) in [6.45, 7) is 1.99. The number of halogens is 1. The quantitative estimate of drug-likeness (QED) is 0.831. The van der Waals surface area contributed by atoms with Crippen LogP contribution in [-0.2, 0) is 4.79 Å². The molecule has 1 aromatic heterocycles. The van der Waals surface area contributed by atoms with Crippen LogP contribution in [-0.4, -0.2) is 39.0 Å². The van der Waals surface area contributed by atoms with E-state index in [2.05, 4.69) is 4.98 Å². The van der Waals surface area contributed by atoms with Crippen LogP contribution in [0.25, 0.3) is 0 Å². The zero-order chi connectivity index (χ0) is 13.3. The SMILES string of the molecule is CC1(C(=O)O)CCCN1C(=O)c1cccc(Cl)n1. The molecular formula is C12H13ClN2O3. The summed E-state index contributed by atoms with van der Waals surface area (Å²) in [5.74, 6) is -1.38. The summed E-state index contributed by atoms with van der Waals surface area (Å²) in [5.41, 5.74) is -0.974. The van der Waals surface area contributed by atoms with Gasteiger partial charge < -0.3 is 10.0 Å². The summed E-state index contributed by atoms with van der Waals surface area (Å²) in [6, 6.07) is 4.73. The lowest BCUT2D eigenvalue weighted by atomic mass is 9.99. The Kier molecular flexibility index (Phi) is 3.26. The Balaban J connectivity index is 2.32. The number of nitrogens with zero attached hydrogens (tertiary/aromatic N) is 2. The van der Waals surface area contributed by atoms with E-state index in [1.807, 2.05) is 0 Å². The molecule has 1 aliphatic rings. The van der Waals surface area contributed by atoms with Crippen molar-refractivity contribution in [2.75, 3.05) is 6.54 Å². The van der Waals surface area contributed by atoms with Crippen LogP contribution in [0.15, 0.2) is 18.2 Å². The third-order valence-corrected chi connectivity index (χ3v) is 3.49. The summed E-state index contributed by atoms with van der Waals surface area (Å²) in [5, 5.41) is 9.47.